The number of rotatable bonds is 4. The second-order valence-corrected chi connectivity index (χ2v) is 3.89. The fraction of sp³-hybridized carbons (Fsp3) is 0.333. The van der Waals surface area contributed by atoms with Crippen LogP contribution < -0.4 is 5.73 Å². The van der Waals surface area contributed by atoms with Gasteiger partial charge in [-0.15, -0.1) is 0 Å². The highest BCUT2D eigenvalue weighted by Gasteiger charge is 2.18. The van der Waals surface area contributed by atoms with Crippen molar-refractivity contribution < 1.29 is 4.74 Å². The monoisotopic (exact) mass is 232 g/mol. The zero-order chi connectivity index (χ0) is 12.3. The predicted molar refractivity (Wildman–Crippen MR) is 64.3 cm³/mol. The molecule has 1 aromatic carbocycles. The van der Waals surface area contributed by atoms with Gasteiger partial charge in [-0.3, -0.25) is 5.10 Å². The van der Waals surface area contributed by atoms with E-state index >= 15 is 0 Å². The van der Waals surface area contributed by atoms with E-state index in [4.69, 9.17) is 10.5 Å². The lowest BCUT2D eigenvalue weighted by atomic mass is 10.1. The highest BCUT2D eigenvalue weighted by Crippen LogP contribution is 2.22. The van der Waals surface area contributed by atoms with Gasteiger partial charge in [0.2, 0.25) is 0 Å². The molecule has 5 heteroatoms. The average Bonchev–Trinajstić information content (AvgIpc) is 2.81. The normalized spacial score (nSPS) is 14.5. The van der Waals surface area contributed by atoms with Crippen LogP contribution in [0, 0.1) is 0 Å². The smallest absolute Gasteiger partial charge is 0.167 e. The summed E-state index contributed by atoms with van der Waals surface area (Å²) in [4.78, 5) is 4.34. The quantitative estimate of drug-likeness (QED) is 0.838. The Morgan fingerprint density at radius 2 is 2.00 bits per heavy atom. The van der Waals surface area contributed by atoms with E-state index in [1.54, 1.807) is 7.11 Å². The third-order valence-electron chi connectivity index (χ3n) is 2.51. The number of hydrogen-bond acceptors (Lipinski definition) is 4. The number of H-pyrrole nitrogens is 1. The molecule has 5 nitrogen and oxygen atoms in total. The second-order valence-electron chi connectivity index (χ2n) is 3.89. The minimum atomic E-state index is -0.240. The summed E-state index contributed by atoms with van der Waals surface area (Å²) in [6, 6.07) is 9.68. The van der Waals surface area contributed by atoms with Crippen LogP contribution in [0.5, 0.6) is 0 Å². The summed E-state index contributed by atoms with van der Waals surface area (Å²) in [5.41, 5.74) is 6.75. The highest BCUT2D eigenvalue weighted by atomic mass is 16.5. The Balaban J connectivity index is 2.29. The maximum absolute atomic E-state index is 5.72. The molecule has 17 heavy (non-hydrogen) atoms. The van der Waals surface area contributed by atoms with Crippen LogP contribution in [-0.2, 0) is 4.74 Å². The van der Waals surface area contributed by atoms with Crippen LogP contribution in [0.1, 0.15) is 36.3 Å². The molecule has 2 unspecified atom stereocenters. The van der Waals surface area contributed by atoms with Gasteiger partial charge in [0.1, 0.15) is 6.10 Å². The number of aromatic nitrogens is 3. The molecule has 0 aliphatic heterocycles. The van der Waals surface area contributed by atoms with Crippen LogP contribution in [0.25, 0.3) is 0 Å². The van der Waals surface area contributed by atoms with Gasteiger partial charge in [0.15, 0.2) is 11.6 Å². The molecule has 3 N–H and O–H groups in total. The van der Waals surface area contributed by atoms with Crippen LogP contribution in [0.2, 0.25) is 0 Å². The van der Waals surface area contributed by atoms with E-state index < -0.39 is 0 Å². The fourth-order valence-electron chi connectivity index (χ4n) is 1.64. The van der Waals surface area contributed by atoms with Crippen LogP contribution >= 0.6 is 0 Å². The minimum absolute atomic E-state index is 0.187. The van der Waals surface area contributed by atoms with Gasteiger partial charge < -0.3 is 10.5 Å². The molecule has 0 radical (unpaired) electrons. The molecule has 0 saturated heterocycles. The summed E-state index contributed by atoms with van der Waals surface area (Å²) < 4.78 is 5.44. The molecule has 1 aromatic heterocycles. The molecule has 0 amide bonds. The minimum Gasteiger partial charge on any atom is -0.369 e. The number of nitrogens with one attached hydrogen (secondary N) is 1. The van der Waals surface area contributed by atoms with Crippen molar-refractivity contribution >= 4 is 0 Å². The van der Waals surface area contributed by atoms with E-state index in [9.17, 15) is 0 Å². The van der Waals surface area contributed by atoms with E-state index in [2.05, 4.69) is 15.2 Å². The molecule has 2 aromatic rings. The van der Waals surface area contributed by atoms with Gasteiger partial charge >= 0.3 is 0 Å². The van der Waals surface area contributed by atoms with E-state index in [0.29, 0.717) is 11.6 Å². The van der Waals surface area contributed by atoms with Gasteiger partial charge in [-0.1, -0.05) is 30.3 Å². The summed E-state index contributed by atoms with van der Waals surface area (Å²) in [6.07, 6.45) is -0.240. The van der Waals surface area contributed by atoms with Crippen LogP contribution in [0.4, 0.5) is 0 Å². The first-order valence-electron chi connectivity index (χ1n) is 5.48. The molecule has 2 rings (SSSR count). The van der Waals surface area contributed by atoms with E-state index in [0.717, 1.165) is 5.56 Å². The molecule has 0 aliphatic rings. The number of hydrogen-bond donors (Lipinski definition) is 2. The molecule has 0 spiro atoms. The summed E-state index contributed by atoms with van der Waals surface area (Å²) in [5, 5.41) is 6.94. The zero-order valence-corrected chi connectivity index (χ0v) is 9.92. The lowest BCUT2D eigenvalue weighted by Crippen LogP contribution is -2.08. The lowest BCUT2D eigenvalue weighted by Gasteiger charge is -2.12. The first-order valence-corrected chi connectivity index (χ1v) is 5.48. The summed E-state index contributed by atoms with van der Waals surface area (Å²) >= 11 is 0. The van der Waals surface area contributed by atoms with E-state index in [1.165, 1.54) is 0 Å². The molecule has 1 heterocycles. The van der Waals surface area contributed by atoms with Crippen LogP contribution in [0.15, 0.2) is 30.3 Å². The largest absolute Gasteiger partial charge is 0.369 e. The van der Waals surface area contributed by atoms with Crippen LogP contribution in [0.3, 0.4) is 0 Å². The summed E-state index contributed by atoms with van der Waals surface area (Å²) in [7, 11) is 1.64. The second kappa shape index (κ2) is 5.07. The van der Waals surface area contributed by atoms with Crippen molar-refractivity contribution in [3.8, 4) is 0 Å². The third kappa shape index (κ3) is 2.51. The molecular formula is C12H16N4O. The summed E-state index contributed by atoms with van der Waals surface area (Å²) in [6.45, 7) is 1.84. The number of methoxy groups -OCH3 is 1. The molecule has 0 saturated carbocycles. The number of aromatic amines is 1. The van der Waals surface area contributed by atoms with Crippen molar-refractivity contribution in [2.24, 2.45) is 5.73 Å². The molecule has 0 aliphatic carbocycles. The Morgan fingerprint density at radius 1 is 1.29 bits per heavy atom. The number of ether oxygens (including phenoxy) is 1. The number of nitrogens with two attached hydrogens (primary N) is 1. The molecule has 90 valence electrons. The van der Waals surface area contributed by atoms with Crippen molar-refractivity contribution in [3.05, 3.63) is 47.5 Å². The Morgan fingerprint density at radius 3 is 2.53 bits per heavy atom. The van der Waals surface area contributed by atoms with Crippen molar-refractivity contribution in [2.75, 3.05) is 7.11 Å². The van der Waals surface area contributed by atoms with Gasteiger partial charge in [0.05, 0.1) is 6.04 Å². The SMILES string of the molecule is COC(c1ccccc1)c1nc(C(C)N)n[nH]1. The Hall–Kier alpha value is -1.72. The predicted octanol–water partition coefficient (Wildman–Crippen LogP) is 1.56. The van der Waals surface area contributed by atoms with E-state index in [1.807, 2.05) is 37.3 Å². The van der Waals surface area contributed by atoms with Gasteiger partial charge in [0, 0.05) is 7.11 Å². The zero-order valence-electron chi connectivity index (χ0n) is 9.92. The molecule has 0 fully saturated rings. The Labute approximate surface area is 100 Å². The third-order valence-corrected chi connectivity index (χ3v) is 2.51. The number of benzene rings is 1. The van der Waals surface area contributed by atoms with Crippen molar-refractivity contribution in [1.29, 1.82) is 0 Å². The maximum Gasteiger partial charge on any atom is 0.167 e. The van der Waals surface area contributed by atoms with E-state index in [-0.39, 0.29) is 12.1 Å². The van der Waals surface area contributed by atoms with Crippen LogP contribution in [-0.4, -0.2) is 22.3 Å². The lowest BCUT2D eigenvalue weighted by molar-refractivity contribution is 0.129. The van der Waals surface area contributed by atoms with Crippen molar-refractivity contribution in [2.45, 2.75) is 19.1 Å². The van der Waals surface area contributed by atoms with Gasteiger partial charge in [-0.2, -0.15) is 5.10 Å². The van der Waals surface area contributed by atoms with Crippen molar-refractivity contribution in [1.82, 2.24) is 15.2 Å². The first kappa shape index (κ1) is 11.8. The Kier molecular flexibility index (Phi) is 3.51. The van der Waals surface area contributed by atoms with Gasteiger partial charge in [-0.25, -0.2) is 4.98 Å². The molecule has 2 atom stereocenters. The Bertz CT molecular complexity index is 466. The van der Waals surface area contributed by atoms with Gasteiger partial charge in [-0.05, 0) is 12.5 Å². The average molecular weight is 232 g/mol. The topological polar surface area (TPSA) is 76.8 Å². The number of nitrogens with zero attached hydrogens (tertiary/aromatic N) is 2. The maximum atomic E-state index is 5.72. The van der Waals surface area contributed by atoms with Crippen molar-refractivity contribution in [3.63, 3.8) is 0 Å². The fourth-order valence-corrected chi connectivity index (χ4v) is 1.64. The molecule has 0 bridgehead atoms. The standard InChI is InChI=1S/C12H16N4O/c1-8(13)11-14-12(16-15-11)10(17-2)9-6-4-3-5-7-9/h3-8,10H,13H2,1-2H3,(H,14,15,16). The molecular weight excluding hydrogens is 216 g/mol. The highest BCUT2D eigenvalue weighted by molar-refractivity contribution is 5.22. The first-order chi connectivity index (χ1) is 8.22. The van der Waals surface area contributed by atoms with Gasteiger partial charge in [0.25, 0.3) is 0 Å². The summed E-state index contributed by atoms with van der Waals surface area (Å²) in [5.74, 6) is 1.27.